The Morgan fingerprint density at radius 1 is 1.50 bits per heavy atom. The fourth-order valence-corrected chi connectivity index (χ4v) is 1.74. The predicted molar refractivity (Wildman–Crippen MR) is 71.2 cm³/mol. The molecule has 0 radical (unpaired) electrons. The second-order valence-corrected chi connectivity index (χ2v) is 4.57. The number of rotatable bonds is 6. The Morgan fingerprint density at radius 2 is 2.22 bits per heavy atom. The van der Waals surface area contributed by atoms with Gasteiger partial charge in [0.25, 0.3) is 0 Å². The van der Waals surface area contributed by atoms with Crippen LogP contribution < -0.4 is 5.32 Å². The number of aliphatic hydroxyl groups excluding tert-OH is 1. The van der Waals surface area contributed by atoms with E-state index >= 15 is 0 Å². The fourth-order valence-electron chi connectivity index (χ4n) is 1.74. The van der Waals surface area contributed by atoms with Crippen LogP contribution in [0, 0.1) is 5.92 Å². The van der Waals surface area contributed by atoms with Crippen molar-refractivity contribution in [3.8, 4) is 0 Å². The summed E-state index contributed by atoms with van der Waals surface area (Å²) in [5.74, 6) is 0.334. The lowest BCUT2D eigenvalue weighted by molar-refractivity contribution is 0.108. The van der Waals surface area contributed by atoms with E-state index in [4.69, 9.17) is 9.84 Å². The van der Waals surface area contributed by atoms with Gasteiger partial charge < -0.3 is 15.2 Å². The monoisotopic (exact) mass is 251 g/mol. The highest BCUT2D eigenvalue weighted by Crippen LogP contribution is 2.26. The third-order valence-corrected chi connectivity index (χ3v) is 2.87. The molecule has 0 aromatic carbocycles. The van der Waals surface area contributed by atoms with Gasteiger partial charge in [-0.2, -0.15) is 0 Å². The Bertz CT molecular complexity index is 341. The van der Waals surface area contributed by atoms with Gasteiger partial charge in [-0.25, -0.2) is 4.79 Å². The van der Waals surface area contributed by atoms with Crippen molar-refractivity contribution in [3.05, 3.63) is 36.5 Å². The topological polar surface area (TPSA) is 58.6 Å². The van der Waals surface area contributed by atoms with E-state index in [1.165, 1.54) is 0 Å². The standard InChI is InChI=1S/C14H21NO3/c1-3-4-5-6-11(2)10-18-14(17)15-13-7-12(8-13)9-16/h3-6,12-13,16H,1,7-10H2,2H3,(H,15,17)/b5-4-,11-6+/t12-,13-. The minimum atomic E-state index is -0.392. The summed E-state index contributed by atoms with van der Waals surface area (Å²) in [6, 6.07) is 0.152. The Balaban J connectivity index is 2.15. The van der Waals surface area contributed by atoms with E-state index in [0.29, 0.717) is 5.92 Å². The summed E-state index contributed by atoms with van der Waals surface area (Å²) in [5.41, 5.74) is 0.963. The van der Waals surface area contributed by atoms with E-state index in [1.807, 2.05) is 25.2 Å². The predicted octanol–water partition coefficient (Wildman–Crippen LogP) is 2.17. The number of aliphatic hydroxyl groups is 1. The molecule has 1 fully saturated rings. The van der Waals surface area contributed by atoms with E-state index in [-0.39, 0.29) is 19.3 Å². The Hall–Kier alpha value is -1.55. The average molecular weight is 251 g/mol. The highest BCUT2D eigenvalue weighted by Gasteiger charge is 2.29. The van der Waals surface area contributed by atoms with Crippen molar-refractivity contribution in [3.63, 3.8) is 0 Å². The summed E-state index contributed by atoms with van der Waals surface area (Å²) < 4.78 is 5.07. The lowest BCUT2D eigenvalue weighted by Crippen LogP contribution is -2.45. The first-order valence-electron chi connectivity index (χ1n) is 6.14. The number of amides is 1. The van der Waals surface area contributed by atoms with Crippen molar-refractivity contribution >= 4 is 6.09 Å². The maximum Gasteiger partial charge on any atom is 0.407 e. The number of ether oxygens (including phenoxy) is 1. The molecule has 0 aliphatic heterocycles. The van der Waals surface area contributed by atoms with Crippen molar-refractivity contribution in [1.29, 1.82) is 0 Å². The highest BCUT2D eigenvalue weighted by atomic mass is 16.5. The van der Waals surface area contributed by atoms with Crippen molar-refractivity contribution in [2.45, 2.75) is 25.8 Å². The minimum Gasteiger partial charge on any atom is -0.445 e. The summed E-state index contributed by atoms with van der Waals surface area (Å²) in [6.45, 7) is 5.94. The summed E-state index contributed by atoms with van der Waals surface area (Å²) in [6.07, 6.45) is 8.50. The van der Waals surface area contributed by atoms with Gasteiger partial charge in [-0.1, -0.05) is 30.9 Å². The second-order valence-electron chi connectivity index (χ2n) is 4.57. The van der Waals surface area contributed by atoms with Crippen LogP contribution in [0.2, 0.25) is 0 Å². The quantitative estimate of drug-likeness (QED) is 0.711. The molecule has 0 unspecified atom stereocenters. The molecule has 1 aliphatic carbocycles. The first-order chi connectivity index (χ1) is 8.65. The molecule has 0 aromatic rings. The molecule has 1 rings (SSSR count). The maximum atomic E-state index is 11.4. The van der Waals surface area contributed by atoms with Gasteiger partial charge in [-0.15, -0.1) is 0 Å². The smallest absolute Gasteiger partial charge is 0.407 e. The first-order valence-corrected chi connectivity index (χ1v) is 6.14. The first kappa shape index (κ1) is 14.5. The molecule has 0 bridgehead atoms. The van der Waals surface area contributed by atoms with Crippen LogP contribution in [-0.2, 0) is 4.74 Å². The van der Waals surface area contributed by atoms with Crippen LogP contribution in [0.25, 0.3) is 0 Å². The molecule has 0 spiro atoms. The van der Waals surface area contributed by atoms with Gasteiger partial charge in [0.15, 0.2) is 0 Å². The van der Waals surface area contributed by atoms with E-state index in [0.717, 1.165) is 18.4 Å². The number of carbonyl (C=O) groups excluding carboxylic acids is 1. The fraction of sp³-hybridized carbons (Fsp3) is 0.500. The van der Waals surface area contributed by atoms with Crippen LogP contribution >= 0.6 is 0 Å². The Morgan fingerprint density at radius 3 is 2.83 bits per heavy atom. The van der Waals surface area contributed by atoms with Crippen molar-refractivity contribution in [2.75, 3.05) is 13.2 Å². The molecular weight excluding hydrogens is 230 g/mol. The zero-order valence-electron chi connectivity index (χ0n) is 10.8. The molecule has 100 valence electrons. The normalized spacial score (nSPS) is 23.6. The van der Waals surface area contributed by atoms with Crippen LogP contribution in [0.15, 0.2) is 36.5 Å². The van der Waals surface area contributed by atoms with Gasteiger partial charge in [0.1, 0.15) is 6.61 Å². The van der Waals surface area contributed by atoms with E-state index < -0.39 is 6.09 Å². The van der Waals surface area contributed by atoms with Gasteiger partial charge in [0.2, 0.25) is 0 Å². The van der Waals surface area contributed by atoms with Gasteiger partial charge in [-0.05, 0) is 31.3 Å². The number of alkyl carbamates (subject to hydrolysis) is 1. The molecule has 18 heavy (non-hydrogen) atoms. The molecule has 0 saturated heterocycles. The molecule has 2 N–H and O–H groups in total. The summed E-state index contributed by atoms with van der Waals surface area (Å²) in [7, 11) is 0. The zero-order chi connectivity index (χ0) is 13.4. The second kappa shape index (κ2) is 7.71. The number of nitrogens with one attached hydrogen (secondary N) is 1. The largest absolute Gasteiger partial charge is 0.445 e. The molecule has 1 saturated carbocycles. The third kappa shape index (κ3) is 5.19. The molecular formula is C14H21NO3. The average Bonchev–Trinajstić information content (AvgIpc) is 2.31. The molecule has 0 heterocycles. The molecule has 1 amide bonds. The van der Waals surface area contributed by atoms with Crippen molar-refractivity contribution in [1.82, 2.24) is 5.32 Å². The zero-order valence-corrected chi connectivity index (χ0v) is 10.8. The van der Waals surface area contributed by atoms with E-state index in [1.54, 1.807) is 6.08 Å². The van der Waals surface area contributed by atoms with Crippen LogP contribution in [0.5, 0.6) is 0 Å². The SMILES string of the molecule is C=C/C=C\C=C(/C)COC(=O)N[C@H]1C[C@H](CO)C1. The number of carbonyl (C=O) groups is 1. The third-order valence-electron chi connectivity index (χ3n) is 2.87. The van der Waals surface area contributed by atoms with Gasteiger partial charge in [-0.3, -0.25) is 0 Å². The van der Waals surface area contributed by atoms with E-state index in [9.17, 15) is 4.79 Å². The highest BCUT2D eigenvalue weighted by molar-refractivity contribution is 5.67. The van der Waals surface area contributed by atoms with Crippen molar-refractivity contribution in [2.24, 2.45) is 5.92 Å². The Kier molecular flexibility index (Phi) is 6.22. The Labute approximate surface area is 108 Å². The number of allylic oxidation sites excluding steroid dienone is 4. The van der Waals surface area contributed by atoms with E-state index in [2.05, 4.69) is 11.9 Å². The number of hydrogen-bond donors (Lipinski definition) is 2. The maximum absolute atomic E-state index is 11.4. The van der Waals surface area contributed by atoms with Gasteiger partial charge in [0.05, 0.1) is 0 Å². The lowest BCUT2D eigenvalue weighted by Gasteiger charge is -2.34. The molecule has 4 nitrogen and oxygen atoms in total. The minimum absolute atomic E-state index is 0.152. The number of hydrogen-bond acceptors (Lipinski definition) is 3. The van der Waals surface area contributed by atoms with Crippen LogP contribution in [-0.4, -0.2) is 30.5 Å². The van der Waals surface area contributed by atoms with Gasteiger partial charge >= 0.3 is 6.09 Å². The molecule has 4 heteroatoms. The van der Waals surface area contributed by atoms with Crippen molar-refractivity contribution < 1.29 is 14.6 Å². The van der Waals surface area contributed by atoms with Gasteiger partial charge in [0, 0.05) is 12.6 Å². The summed E-state index contributed by atoms with van der Waals surface area (Å²) in [5, 5.41) is 11.6. The molecule has 1 aliphatic rings. The molecule has 0 aromatic heterocycles. The summed E-state index contributed by atoms with van der Waals surface area (Å²) >= 11 is 0. The van der Waals surface area contributed by atoms with Crippen LogP contribution in [0.1, 0.15) is 19.8 Å². The summed E-state index contributed by atoms with van der Waals surface area (Å²) in [4.78, 5) is 11.4. The molecule has 0 atom stereocenters. The lowest BCUT2D eigenvalue weighted by atomic mass is 9.81. The van der Waals surface area contributed by atoms with Crippen LogP contribution in [0.3, 0.4) is 0 Å². The van der Waals surface area contributed by atoms with Crippen LogP contribution in [0.4, 0.5) is 4.79 Å².